The lowest BCUT2D eigenvalue weighted by atomic mass is 10.2. The van der Waals surface area contributed by atoms with Gasteiger partial charge in [-0.2, -0.15) is 0 Å². The number of carboxylic acid groups (broad SMARTS) is 1. The molecule has 1 N–H and O–H groups in total. The van der Waals surface area contributed by atoms with Crippen LogP contribution < -0.4 is 4.74 Å². The van der Waals surface area contributed by atoms with Crippen LogP contribution in [0.4, 0.5) is 4.39 Å². The van der Waals surface area contributed by atoms with Gasteiger partial charge in [-0.3, -0.25) is 4.68 Å². The van der Waals surface area contributed by atoms with Crippen LogP contribution in [0.2, 0.25) is 0 Å². The van der Waals surface area contributed by atoms with Gasteiger partial charge < -0.3 is 9.84 Å². The third-order valence-corrected chi connectivity index (χ3v) is 2.20. The zero-order valence-corrected chi connectivity index (χ0v) is 9.50. The largest absolute Gasteiger partial charge is 0.486 e. The van der Waals surface area contributed by atoms with E-state index in [1.165, 1.54) is 10.7 Å². The number of hydrogen-bond donors (Lipinski definition) is 1. The molecule has 0 amide bonds. The summed E-state index contributed by atoms with van der Waals surface area (Å²) in [5.74, 6) is -1.78. The number of ether oxygens (including phenoxy) is 1. The predicted molar refractivity (Wildman–Crippen MR) is 58.7 cm³/mol. The molecular weight excluding hydrogens is 241 g/mol. The van der Waals surface area contributed by atoms with Crippen molar-refractivity contribution < 1.29 is 19.0 Å². The standard InChI is InChI=1S/C11H10FN3O3/c1-15-5-8(13-14-15)6-18-10-3-2-7(12)4-9(10)11(16)17/h2-5H,6H2,1H3,(H,16,17). The van der Waals surface area contributed by atoms with Crippen molar-refractivity contribution in [1.29, 1.82) is 0 Å². The maximum absolute atomic E-state index is 12.9. The second kappa shape index (κ2) is 4.82. The van der Waals surface area contributed by atoms with Crippen LogP contribution in [-0.2, 0) is 13.7 Å². The van der Waals surface area contributed by atoms with Gasteiger partial charge in [0.1, 0.15) is 29.4 Å². The summed E-state index contributed by atoms with van der Waals surface area (Å²) in [6.45, 7) is 0.0692. The van der Waals surface area contributed by atoms with E-state index in [1.54, 1.807) is 13.2 Å². The van der Waals surface area contributed by atoms with Crippen LogP contribution in [0, 0.1) is 5.82 Å². The second-order valence-corrected chi connectivity index (χ2v) is 3.62. The molecule has 94 valence electrons. The third-order valence-electron chi connectivity index (χ3n) is 2.20. The lowest BCUT2D eigenvalue weighted by Crippen LogP contribution is -2.04. The highest BCUT2D eigenvalue weighted by atomic mass is 19.1. The number of hydrogen-bond acceptors (Lipinski definition) is 4. The van der Waals surface area contributed by atoms with Crippen molar-refractivity contribution in [1.82, 2.24) is 15.0 Å². The van der Waals surface area contributed by atoms with Crippen LogP contribution >= 0.6 is 0 Å². The van der Waals surface area contributed by atoms with E-state index in [4.69, 9.17) is 9.84 Å². The van der Waals surface area contributed by atoms with Gasteiger partial charge in [0, 0.05) is 7.05 Å². The Kier molecular flexibility index (Phi) is 3.22. The molecule has 18 heavy (non-hydrogen) atoms. The fourth-order valence-electron chi connectivity index (χ4n) is 1.41. The van der Waals surface area contributed by atoms with Crippen LogP contribution in [0.3, 0.4) is 0 Å². The smallest absolute Gasteiger partial charge is 0.339 e. The Labute approximate surface area is 102 Å². The molecule has 0 fully saturated rings. The van der Waals surface area contributed by atoms with E-state index >= 15 is 0 Å². The number of carbonyl (C=O) groups is 1. The molecule has 0 saturated carbocycles. The van der Waals surface area contributed by atoms with Crippen molar-refractivity contribution >= 4 is 5.97 Å². The molecule has 0 atom stereocenters. The summed E-state index contributed by atoms with van der Waals surface area (Å²) in [4.78, 5) is 10.9. The molecule has 2 aromatic rings. The van der Waals surface area contributed by atoms with Gasteiger partial charge in [-0.05, 0) is 18.2 Å². The lowest BCUT2D eigenvalue weighted by molar-refractivity contribution is 0.0691. The Morgan fingerprint density at radius 2 is 2.33 bits per heavy atom. The molecule has 0 radical (unpaired) electrons. The van der Waals surface area contributed by atoms with Gasteiger partial charge in [0.2, 0.25) is 0 Å². The quantitative estimate of drug-likeness (QED) is 0.884. The van der Waals surface area contributed by atoms with E-state index in [0.29, 0.717) is 5.69 Å². The number of benzene rings is 1. The zero-order valence-electron chi connectivity index (χ0n) is 9.50. The minimum atomic E-state index is -1.25. The molecule has 1 aromatic heterocycles. The summed E-state index contributed by atoms with van der Waals surface area (Å²) in [5, 5.41) is 16.4. The number of aryl methyl sites for hydroxylation is 1. The van der Waals surface area contributed by atoms with Gasteiger partial charge in [0.25, 0.3) is 0 Å². The maximum atomic E-state index is 12.9. The molecular formula is C11H10FN3O3. The SMILES string of the molecule is Cn1cc(COc2ccc(F)cc2C(=O)O)nn1. The van der Waals surface area contributed by atoms with E-state index in [9.17, 15) is 9.18 Å². The van der Waals surface area contributed by atoms with Gasteiger partial charge in [0.05, 0.1) is 6.20 Å². The summed E-state index contributed by atoms with van der Waals surface area (Å²) >= 11 is 0. The number of halogens is 1. The first kappa shape index (κ1) is 12.0. The number of nitrogens with zero attached hydrogens (tertiary/aromatic N) is 3. The normalized spacial score (nSPS) is 10.3. The molecule has 0 aliphatic heterocycles. The molecule has 0 spiro atoms. The van der Waals surface area contributed by atoms with Crippen LogP contribution in [0.5, 0.6) is 5.75 Å². The third kappa shape index (κ3) is 2.62. The summed E-state index contributed by atoms with van der Waals surface area (Å²) in [6.07, 6.45) is 1.64. The van der Waals surface area contributed by atoms with E-state index in [1.807, 2.05) is 0 Å². The van der Waals surface area contributed by atoms with E-state index in [2.05, 4.69) is 10.3 Å². The first-order valence-electron chi connectivity index (χ1n) is 5.07. The Morgan fingerprint density at radius 1 is 1.56 bits per heavy atom. The molecule has 1 aromatic carbocycles. The average molecular weight is 251 g/mol. The highest BCUT2D eigenvalue weighted by molar-refractivity contribution is 5.90. The summed E-state index contributed by atoms with van der Waals surface area (Å²) < 4.78 is 19.7. The minimum absolute atomic E-state index is 0.0692. The highest BCUT2D eigenvalue weighted by Gasteiger charge is 2.13. The summed E-state index contributed by atoms with van der Waals surface area (Å²) in [7, 11) is 1.71. The molecule has 0 saturated heterocycles. The topological polar surface area (TPSA) is 77.2 Å². The fourth-order valence-corrected chi connectivity index (χ4v) is 1.41. The Hall–Kier alpha value is -2.44. The van der Waals surface area contributed by atoms with E-state index in [-0.39, 0.29) is 17.9 Å². The van der Waals surface area contributed by atoms with Crippen molar-refractivity contribution in [3.05, 3.63) is 41.5 Å². The maximum Gasteiger partial charge on any atom is 0.339 e. The van der Waals surface area contributed by atoms with E-state index in [0.717, 1.165) is 12.1 Å². The van der Waals surface area contributed by atoms with Crippen LogP contribution in [0.1, 0.15) is 16.1 Å². The van der Waals surface area contributed by atoms with Crippen molar-refractivity contribution in [2.45, 2.75) is 6.61 Å². The zero-order chi connectivity index (χ0) is 13.1. The predicted octanol–water partition coefficient (Wildman–Crippen LogP) is 1.23. The highest BCUT2D eigenvalue weighted by Crippen LogP contribution is 2.20. The molecule has 0 aliphatic rings. The van der Waals surface area contributed by atoms with Crippen molar-refractivity contribution in [2.24, 2.45) is 7.05 Å². The van der Waals surface area contributed by atoms with Crippen molar-refractivity contribution in [3.63, 3.8) is 0 Å². The van der Waals surface area contributed by atoms with Crippen molar-refractivity contribution in [3.8, 4) is 5.75 Å². The molecule has 1 heterocycles. The number of aromatic nitrogens is 3. The molecule has 6 nitrogen and oxygen atoms in total. The second-order valence-electron chi connectivity index (χ2n) is 3.62. The number of carboxylic acids is 1. The molecule has 0 unspecified atom stereocenters. The molecule has 0 aliphatic carbocycles. The van der Waals surface area contributed by atoms with Gasteiger partial charge in [-0.15, -0.1) is 5.10 Å². The number of aromatic carboxylic acids is 1. The van der Waals surface area contributed by atoms with E-state index < -0.39 is 11.8 Å². The van der Waals surface area contributed by atoms with Crippen molar-refractivity contribution in [2.75, 3.05) is 0 Å². The molecule has 0 bridgehead atoms. The Balaban J connectivity index is 2.16. The fraction of sp³-hybridized carbons (Fsp3) is 0.182. The van der Waals surface area contributed by atoms with Crippen LogP contribution in [0.15, 0.2) is 24.4 Å². The van der Waals surface area contributed by atoms with Gasteiger partial charge in [0.15, 0.2) is 0 Å². The first-order chi connectivity index (χ1) is 8.56. The Morgan fingerprint density at radius 3 is 2.94 bits per heavy atom. The lowest BCUT2D eigenvalue weighted by Gasteiger charge is -2.07. The first-order valence-corrected chi connectivity index (χ1v) is 5.07. The van der Waals surface area contributed by atoms with Crippen LogP contribution in [-0.4, -0.2) is 26.1 Å². The molecule has 7 heteroatoms. The number of rotatable bonds is 4. The summed E-state index contributed by atoms with van der Waals surface area (Å²) in [6, 6.07) is 3.32. The average Bonchev–Trinajstić information content (AvgIpc) is 2.73. The summed E-state index contributed by atoms with van der Waals surface area (Å²) in [5.41, 5.74) is 0.331. The minimum Gasteiger partial charge on any atom is -0.486 e. The van der Waals surface area contributed by atoms with Gasteiger partial charge in [-0.25, -0.2) is 9.18 Å². The van der Waals surface area contributed by atoms with Crippen LogP contribution in [0.25, 0.3) is 0 Å². The Bertz CT molecular complexity index is 583. The monoisotopic (exact) mass is 251 g/mol. The van der Waals surface area contributed by atoms with Gasteiger partial charge >= 0.3 is 5.97 Å². The molecule has 2 rings (SSSR count). The van der Waals surface area contributed by atoms with Gasteiger partial charge in [-0.1, -0.05) is 5.21 Å².